The molecular weight excluding hydrogens is 264 g/mol. The Labute approximate surface area is 125 Å². The molecule has 1 aromatic heterocycles. The van der Waals surface area contributed by atoms with Gasteiger partial charge in [-0.15, -0.1) is 0 Å². The molecule has 3 rings (SSSR count). The summed E-state index contributed by atoms with van der Waals surface area (Å²) in [6, 6.07) is 10.6. The second kappa shape index (κ2) is 5.95. The first-order valence-electron chi connectivity index (χ1n) is 7.48. The van der Waals surface area contributed by atoms with E-state index in [-0.39, 0.29) is 5.54 Å². The van der Waals surface area contributed by atoms with Crippen LogP contribution in [0.4, 0.5) is 0 Å². The van der Waals surface area contributed by atoms with Crippen molar-refractivity contribution in [2.75, 3.05) is 19.6 Å². The van der Waals surface area contributed by atoms with Crippen LogP contribution in [-0.2, 0) is 12.1 Å². The third-order valence-corrected chi connectivity index (χ3v) is 4.05. The summed E-state index contributed by atoms with van der Waals surface area (Å²) in [5, 5.41) is 7.56. The van der Waals surface area contributed by atoms with Gasteiger partial charge in [-0.1, -0.05) is 35.5 Å². The van der Waals surface area contributed by atoms with Gasteiger partial charge in [-0.3, -0.25) is 4.90 Å². The minimum Gasteiger partial charge on any atom is -0.338 e. The lowest BCUT2D eigenvalue weighted by Gasteiger charge is -2.33. The van der Waals surface area contributed by atoms with Crippen molar-refractivity contribution in [3.8, 4) is 0 Å². The second-order valence-corrected chi connectivity index (χ2v) is 5.92. The number of hydrogen-bond acceptors (Lipinski definition) is 5. The van der Waals surface area contributed by atoms with Gasteiger partial charge in [0, 0.05) is 6.54 Å². The fourth-order valence-electron chi connectivity index (χ4n) is 2.98. The average Bonchev–Trinajstić information content (AvgIpc) is 2.79. The van der Waals surface area contributed by atoms with Crippen LogP contribution in [0.15, 0.2) is 34.9 Å². The summed E-state index contributed by atoms with van der Waals surface area (Å²) in [5.74, 6) is 1.40. The maximum absolute atomic E-state index is 5.26. The molecular formula is C16H22N4O. The lowest BCUT2D eigenvalue weighted by molar-refractivity contribution is 0.189. The number of aryl methyl sites for hydroxylation is 1. The molecule has 1 aliphatic rings. The molecule has 2 heterocycles. The minimum atomic E-state index is -0.0488. The Morgan fingerprint density at radius 3 is 2.86 bits per heavy atom. The lowest BCUT2D eigenvalue weighted by Crippen LogP contribution is -2.46. The fraction of sp³-hybridized carbons (Fsp3) is 0.500. The zero-order valence-corrected chi connectivity index (χ0v) is 12.7. The van der Waals surface area contributed by atoms with Crippen molar-refractivity contribution >= 4 is 0 Å². The summed E-state index contributed by atoms with van der Waals surface area (Å²) in [4.78, 5) is 6.70. The van der Waals surface area contributed by atoms with Crippen LogP contribution in [0.2, 0.25) is 0 Å². The summed E-state index contributed by atoms with van der Waals surface area (Å²) in [5.41, 5.74) is 1.27. The van der Waals surface area contributed by atoms with Crippen molar-refractivity contribution in [2.45, 2.75) is 32.4 Å². The number of aromatic nitrogens is 2. The average molecular weight is 286 g/mol. The van der Waals surface area contributed by atoms with Gasteiger partial charge in [0.15, 0.2) is 5.82 Å². The van der Waals surface area contributed by atoms with E-state index < -0.39 is 0 Å². The molecule has 0 radical (unpaired) electrons. The molecule has 5 nitrogen and oxygen atoms in total. The Hall–Kier alpha value is -1.72. The number of hydrogen-bond donors (Lipinski definition) is 1. The molecule has 1 fully saturated rings. The van der Waals surface area contributed by atoms with Gasteiger partial charge in [0.2, 0.25) is 5.89 Å². The van der Waals surface area contributed by atoms with Gasteiger partial charge in [-0.05, 0) is 38.9 Å². The molecule has 112 valence electrons. The standard InChI is InChI=1S/C16H22N4O/c1-13-18-15(21-19-13)11-20-10-6-9-17-16(2,12-20)14-7-4-3-5-8-14/h3-5,7-8,17H,6,9-12H2,1-2H3. The van der Waals surface area contributed by atoms with E-state index in [0.29, 0.717) is 18.3 Å². The molecule has 0 amide bonds. The van der Waals surface area contributed by atoms with Crippen LogP contribution in [0.3, 0.4) is 0 Å². The Morgan fingerprint density at radius 1 is 1.33 bits per heavy atom. The highest BCUT2D eigenvalue weighted by Gasteiger charge is 2.31. The van der Waals surface area contributed by atoms with Crippen molar-refractivity contribution in [2.24, 2.45) is 0 Å². The van der Waals surface area contributed by atoms with Crippen LogP contribution < -0.4 is 5.32 Å². The highest BCUT2D eigenvalue weighted by atomic mass is 16.5. The Balaban J connectivity index is 1.77. The molecule has 1 atom stereocenters. The van der Waals surface area contributed by atoms with Crippen LogP contribution in [0.25, 0.3) is 0 Å². The van der Waals surface area contributed by atoms with E-state index in [1.165, 1.54) is 5.56 Å². The summed E-state index contributed by atoms with van der Waals surface area (Å²) >= 11 is 0. The van der Waals surface area contributed by atoms with Crippen molar-refractivity contribution < 1.29 is 4.52 Å². The maximum Gasteiger partial charge on any atom is 0.240 e. The van der Waals surface area contributed by atoms with E-state index >= 15 is 0 Å². The van der Waals surface area contributed by atoms with E-state index in [9.17, 15) is 0 Å². The molecule has 2 aromatic rings. The lowest BCUT2D eigenvalue weighted by atomic mass is 9.91. The van der Waals surface area contributed by atoms with E-state index in [4.69, 9.17) is 4.52 Å². The molecule has 21 heavy (non-hydrogen) atoms. The minimum absolute atomic E-state index is 0.0488. The first kappa shape index (κ1) is 14.2. The SMILES string of the molecule is Cc1noc(CN2CCCNC(C)(c3ccccc3)C2)n1. The smallest absolute Gasteiger partial charge is 0.240 e. The maximum atomic E-state index is 5.26. The molecule has 1 N–H and O–H groups in total. The molecule has 1 aliphatic heterocycles. The largest absolute Gasteiger partial charge is 0.338 e. The summed E-state index contributed by atoms with van der Waals surface area (Å²) < 4.78 is 5.26. The quantitative estimate of drug-likeness (QED) is 0.936. The molecule has 1 unspecified atom stereocenters. The topological polar surface area (TPSA) is 54.2 Å². The summed E-state index contributed by atoms with van der Waals surface area (Å²) in [7, 11) is 0. The highest BCUT2D eigenvalue weighted by molar-refractivity contribution is 5.24. The Bertz CT molecular complexity index is 583. The molecule has 0 bridgehead atoms. The molecule has 5 heteroatoms. The Kier molecular flexibility index (Phi) is 4.03. The zero-order chi connectivity index (χ0) is 14.7. The van der Waals surface area contributed by atoms with E-state index in [1.54, 1.807) is 0 Å². The normalized spacial score (nSPS) is 23.9. The van der Waals surface area contributed by atoms with Crippen LogP contribution >= 0.6 is 0 Å². The van der Waals surface area contributed by atoms with E-state index in [0.717, 1.165) is 26.1 Å². The summed E-state index contributed by atoms with van der Waals surface area (Å²) in [6.45, 7) is 7.82. The zero-order valence-electron chi connectivity index (χ0n) is 12.7. The number of nitrogens with zero attached hydrogens (tertiary/aromatic N) is 3. The predicted octanol–water partition coefficient (Wildman–Crippen LogP) is 2.09. The van der Waals surface area contributed by atoms with Gasteiger partial charge in [0.1, 0.15) is 0 Å². The molecule has 1 saturated heterocycles. The number of nitrogens with one attached hydrogen (secondary N) is 1. The monoisotopic (exact) mass is 286 g/mol. The van der Waals surface area contributed by atoms with Gasteiger partial charge in [-0.25, -0.2) is 0 Å². The molecule has 1 aromatic carbocycles. The van der Waals surface area contributed by atoms with E-state index in [2.05, 4.69) is 57.6 Å². The van der Waals surface area contributed by atoms with Crippen molar-refractivity contribution in [1.29, 1.82) is 0 Å². The van der Waals surface area contributed by atoms with Crippen molar-refractivity contribution in [1.82, 2.24) is 20.4 Å². The van der Waals surface area contributed by atoms with Gasteiger partial charge in [-0.2, -0.15) is 4.98 Å². The van der Waals surface area contributed by atoms with Crippen LogP contribution in [-0.4, -0.2) is 34.7 Å². The van der Waals surface area contributed by atoms with Gasteiger partial charge < -0.3 is 9.84 Å². The van der Waals surface area contributed by atoms with Gasteiger partial charge in [0.05, 0.1) is 12.1 Å². The second-order valence-electron chi connectivity index (χ2n) is 5.92. The van der Waals surface area contributed by atoms with Crippen molar-refractivity contribution in [3.05, 3.63) is 47.6 Å². The van der Waals surface area contributed by atoms with Crippen LogP contribution in [0.5, 0.6) is 0 Å². The third kappa shape index (κ3) is 3.31. The van der Waals surface area contributed by atoms with Gasteiger partial charge >= 0.3 is 0 Å². The third-order valence-electron chi connectivity index (χ3n) is 4.05. The molecule has 0 spiro atoms. The van der Waals surface area contributed by atoms with E-state index in [1.807, 2.05) is 6.92 Å². The highest BCUT2D eigenvalue weighted by Crippen LogP contribution is 2.24. The van der Waals surface area contributed by atoms with Crippen molar-refractivity contribution in [3.63, 3.8) is 0 Å². The predicted molar refractivity (Wildman–Crippen MR) is 80.7 cm³/mol. The summed E-state index contributed by atoms with van der Waals surface area (Å²) in [6.07, 6.45) is 1.12. The molecule has 0 aliphatic carbocycles. The Morgan fingerprint density at radius 2 is 2.14 bits per heavy atom. The molecule has 0 saturated carbocycles. The van der Waals surface area contributed by atoms with Crippen LogP contribution in [0.1, 0.15) is 30.6 Å². The number of benzene rings is 1. The van der Waals surface area contributed by atoms with Gasteiger partial charge in [0.25, 0.3) is 0 Å². The number of rotatable bonds is 3. The first-order valence-corrected chi connectivity index (χ1v) is 7.48. The fourth-order valence-corrected chi connectivity index (χ4v) is 2.98. The van der Waals surface area contributed by atoms with Crippen LogP contribution in [0, 0.1) is 6.92 Å². The first-order chi connectivity index (χ1) is 10.2.